The molecule has 0 spiro atoms. The van der Waals surface area contributed by atoms with Gasteiger partial charge in [-0.3, -0.25) is 10.1 Å². The zero-order valence-corrected chi connectivity index (χ0v) is 16.7. The predicted molar refractivity (Wildman–Crippen MR) is 110 cm³/mol. The van der Waals surface area contributed by atoms with Gasteiger partial charge in [-0.25, -0.2) is 4.98 Å². The highest BCUT2D eigenvalue weighted by atomic mass is 79.9. The lowest BCUT2D eigenvalue weighted by Gasteiger charge is -2.03. The van der Waals surface area contributed by atoms with Crippen LogP contribution in [-0.2, 0) is 0 Å². The van der Waals surface area contributed by atoms with E-state index in [2.05, 4.69) is 31.4 Å². The van der Waals surface area contributed by atoms with Crippen molar-refractivity contribution in [3.63, 3.8) is 0 Å². The van der Waals surface area contributed by atoms with Gasteiger partial charge >= 0.3 is 0 Å². The fourth-order valence-electron chi connectivity index (χ4n) is 2.68. The minimum atomic E-state index is -0.288. The van der Waals surface area contributed by atoms with Crippen molar-refractivity contribution >= 4 is 38.3 Å². The first-order valence-corrected chi connectivity index (χ1v) is 9.83. The third-order valence-electron chi connectivity index (χ3n) is 4.00. The number of hydrogen-bond acceptors (Lipinski definition) is 5. The highest BCUT2D eigenvalue weighted by Crippen LogP contribution is 2.29. The molecule has 4 rings (SSSR count). The molecule has 2 aromatic carbocycles. The van der Waals surface area contributed by atoms with Crippen molar-refractivity contribution in [2.24, 2.45) is 0 Å². The topological polar surface area (TPSA) is 68.0 Å². The molecule has 4 aromatic rings. The van der Waals surface area contributed by atoms with Crippen molar-refractivity contribution in [3.8, 4) is 22.5 Å². The molecule has 7 heteroatoms. The summed E-state index contributed by atoms with van der Waals surface area (Å²) < 4.78 is 6.27. The second-order valence-corrected chi connectivity index (χ2v) is 7.60. The third-order valence-corrected chi connectivity index (χ3v) is 5.29. The van der Waals surface area contributed by atoms with Gasteiger partial charge in [0.05, 0.1) is 5.69 Å². The highest BCUT2D eigenvalue weighted by molar-refractivity contribution is 9.10. The van der Waals surface area contributed by atoms with Gasteiger partial charge in [0.25, 0.3) is 5.91 Å². The summed E-state index contributed by atoms with van der Waals surface area (Å²) in [6.45, 7) is 1.73. The van der Waals surface area contributed by atoms with E-state index in [-0.39, 0.29) is 5.91 Å². The fourth-order valence-corrected chi connectivity index (χ4v) is 3.66. The lowest BCUT2D eigenvalue weighted by Crippen LogP contribution is -2.13. The normalized spacial score (nSPS) is 10.7. The van der Waals surface area contributed by atoms with Crippen molar-refractivity contribution in [3.05, 3.63) is 75.8 Å². The number of nitrogens with zero attached hydrogens (tertiary/aromatic N) is 2. The van der Waals surface area contributed by atoms with E-state index in [0.29, 0.717) is 22.1 Å². The molecular weight excluding hydrogens is 426 g/mol. The van der Waals surface area contributed by atoms with E-state index in [1.54, 1.807) is 6.92 Å². The Kier molecular flexibility index (Phi) is 4.87. The van der Waals surface area contributed by atoms with E-state index >= 15 is 0 Å². The van der Waals surface area contributed by atoms with Crippen molar-refractivity contribution < 1.29 is 9.32 Å². The number of halogens is 1. The van der Waals surface area contributed by atoms with E-state index in [4.69, 9.17) is 4.52 Å². The number of hydrogen-bond donors (Lipinski definition) is 1. The molecule has 0 atom stereocenters. The standard InChI is InChI=1S/C20H14BrN3O2S/c1-12-17(18(24-26-12)14-5-3-2-4-6-14)19(25)23-20-22-16(11-27-20)13-7-9-15(21)10-8-13/h2-11H,1H3,(H,22,23,25). The summed E-state index contributed by atoms with van der Waals surface area (Å²) in [5.74, 6) is 0.181. The molecule has 1 N–H and O–H groups in total. The van der Waals surface area contributed by atoms with Gasteiger partial charge in [0, 0.05) is 21.0 Å². The van der Waals surface area contributed by atoms with Gasteiger partial charge < -0.3 is 4.52 Å². The molecular formula is C20H14BrN3O2S. The van der Waals surface area contributed by atoms with Crippen LogP contribution >= 0.6 is 27.3 Å². The zero-order chi connectivity index (χ0) is 18.8. The number of anilines is 1. The van der Waals surface area contributed by atoms with Crippen molar-refractivity contribution in [1.29, 1.82) is 0 Å². The number of nitrogens with one attached hydrogen (secondary N) is 1. The highest BCUT2D eigenvalue weighted by Gasteiger charge is 2.22. The van der Waals surface area contributed by atoms with Crippen LogP contribution in [0.4, 0.5) is 5.13 Å². The number of aromatic nitrogens is 2. The van der Waals surface area contributed by atoms with Crippen LogP contribution in [0.3, 0.4) is 0 Å². The monoisotopic (exact) mass is 439 g/mol. The molecule has 5 nitrogen and oxygen atoms in total. The molecule has 0 fully saturated rings. The Balaban J connectivity index is 1.59. The minimum absolute atomic E-state index is 0.288. The molecule has 0 aliphatic rings. The maximum Gasteiger partial charge on any atom is 0.263 e. The Morgan fingerprint density at radius 3 is 2.56 bits per heavy atom. The first-order chi connectivity index (χ1) is 13.1. The van der Waals surface area contributed by atoms with Crippen molar-refractivity contribution in [1.82, 2.24) is 10.1 Å². The number of amides is 1. The molecule has 0 aliphatic carbocycles. The minimum Gasteiger partial charge on any atom is -0.360 e. The average molecular weight is 440 g/mol. The number of rotatable bonds is 4. The van der Waals surface area contributed by atoms with Crippen LogP contribution in [0.1, 0.15) is 16.1 Å². The van der Waals surface area contributed by atoms with Gasteiger partial charge in [0.1, 0.15) is 17.0 Å². The number of benzene rings is 2. The Labute approximate surface area is 168 Å². The molecule has 0 bridgehead atoms. The summed E-state index contributed by atoms with van der Waals surface area (Å²) >= 11 is 4.80. The number of carbonyl (C=O) groups is 1. The molecule has 27 heavy (non-hydrogen) atoms. The molecule has 0 saturated carbocycles. The maximum atomic E-state index is 12.8. The Hall–Kier alpha value is -2.77. The van der Waals surface area contributed by atoms with E-state index < -0.39 is 0 Å². The summed E-state index contributed by atoms with van der Waals surface area (Å²) in [5.41, 5.74) is 3.57. The smallest absolute Gasteiger partial charge is 0.263 e. The van der Waals surface area contributed by atoms with E-state index in [0.717, 1.165) is 21.3 Å². The molecule has 134 valence electrons. The fraction of sp³-hybridized carbons (Fsp3) is 0.0500. The largest absolute Gasteiger partial charge is 0.360 e. The third kappa shape index (κ3) is 3.70. The average Bonchev–Trinajstić information content (AvgIpc) is 3.30. The second kappa shape index (κ2) is 7.46. The van der Waals surface area contributed by atoms with Gasteiger partial charge in [-0.05, 0) is 19.1 Å². The first kappa shape index (κ1) is 17.6. The summed E-state index contributed by atoms with van der Waals surface area (Å²) in [4.78, 5) is 17.3. The van der Waals surface area contributed by atoms with E-state index in [1.807, 2.05) is 60.0 Å². The molecule has 0 saturated heterocycles. The van der Waals surface area contributed by atoms with Crippen LogP contribution in [0, 0.1) is 6.92 Å². The summed E-state index contributed by atoms with van der Waals surface area (Å²) in [5, 5.41) is 9.35. The van der Waals surface area contributed by atoms with Crippen LogP contribution in [0.15, 0.2) is 69.0 Å². The van der Waals surface area contributed by atoms with Gasteiger partial charge in [-0.2, -0.15) is 0 Å². The van der Waals surface area contributed by atoms with Crippen LogP contribution in [0.2, 0.25) is 0 Å². The van der Waals surface area contributed by atoms with Gasteiger partial charge in [-0.15, -0.1) is 11.3 Å². The predicted octanol–water partition coefficient (Wildman–Crippen LogP) is 5.79. The molecule has 2 aromatic heterocycles. The van der Waals surface area contributed by atoms with Crippen LogP contribution in [0.5, 0.6) is 0 Å². The summed E-state index contributed by atoms with van der Waals surface area (Å²) in [6, 6.07) is 17.4. The van der Waals surface area contributed by atoms with Gasteiger partial charge in [-0.1, -0.05) is 63.6 Å². The van der Waals surface area contributed by atoms with E-state index in [1.165, 1.54) is 11.3 Å². The van der Waals surface area contributed by atoms with E-state index in [9.17, 15) is 4.79 Å². The van der Waals surface area contributed by atoms with Crippen molar-refractivity contribution in [2.75, 3.05) is 5.32 Å². The van der Waals surface area contributed by atoms with Crippen LogP contribution in [-0.4, -0.2) is 16.0 Å². The van der Waals surface area contributed by atoms with Crippen LogP contribution in [0.25, 0.3) is 22.5 Å². The SMILES string of the molecule is Cc1onc(-c2ccccc2)c1C(=O)Nc1nc(-c2ccc(Br)cc2)cs1. The van der Waals surface area contributed by atoms with Gasteiger partial charge in [0.15, 0.2) is 5.13 Å². The summed E-state index contributed by atoms with van der Waals surface area (Å²) in [7, 11) is 0. The number of carbonyl (C=O) groups excluding carboxylic acids is 1. The lowest BCUT2D eigenvalue weighted by atomic mass is 10.1. The number of aryl methyl sites for hydroxylation is 1. The lowest BCUT2D eigenvalue weighted by molar-refractivity contribution is 0.102. The molecule has 0 unspecified atom stereocenters. The second-order valence-electron chi connectivity index (χ2n) is 5.83. The number of thiazole rings is 1. The van der Waals surface area contributed by atoms with Crippen molar-refractivity contribution in [2.45, 2.75) is 6.92 Å². The maximum absolute atomic E-state index is 12.8. The van der Waals surface area contributed by atoms with Crippen LogP contribution < -0.4 is 5.32 Å². The Bertz CT molecular complexity index is 1090. The Morgan fingerprint density at radius 2 is 1.81 bits per heavy atom. The molecule has 0 radical (unpaired) electrons. The molecule has 2 heterocycles. The molecule has 0 aliphatic heterocycles. The van der Waals surface area contributed by atoms with Gasteiger partial charge in [0.2, 0.25) is 0 Å². The zero-order valence-electron chi connectivity index (χ0n) is 14.3. The Morgan fingerprint density at radius 1 is 1.07 bits per heavy atom. The molecule has 1 amide bonds. The first-order valence-electron chi connectivity index (χ1n) is 8.16. The summed E-state index contributed by atoms with van der Waals surface area (Å²) in [6.07, 6.45) is 0. The quantitative estimate of drug-likeness (QED) is 0.436.